The van der Waals surface area contributed by atoms with Crippen LogP contribution >= 0.6 is 39.1 Å². The van der Waals surface area contributed by atoms with Crippen molar-refractivity contribution in [2.75, 3.05) is 0 Å². The fourth-order valence-electron chi connectivity index (χ4n) is 0.566. The molecule has 0 aliphatic rings. The van der Waals surface area contributed by atoms with Crippen LogP contribution in [0.1, 0.15) is 0 Å². The van der Waals surface area contributed by atoms with Gasteiger partial charge >= 0.3 is 90.4 Å². The molecule has 0 radical (unpaired) electrons. The van der Waals surface area contributed by atoms with Gasteiger partial charge in [0.05, 0.1) is 7.82 Å². The summed E-state index contributed by atoms with van der Waals surface area (Å²) in [6, 6.07) is 0. The fourth-order valence-corrected chi connectivity index (χ4v) is 5.90. The molecule has 0 spiro atoms. The van der Waals surface area contributed by atoms with Crippen molar-refractivity contribution in [2.45, 2.75) is 0 Å². The van der Waals surface area contributed by atoms with E-state index in [0.29, 0.717) is 0 Å². The van der Waals surface area contributed by atoms with Crippen molar-refractivity contribution in [2.24, 2.45) is 0 Å². The van der Waals surface area contributed by atoms with Gasteiger partial charge < -0.3 is 38.8 Å². The molecule has 128 valence electrons. The molecule has 5 N–H and O–H groups in total. The molecule has 0 saturated carbocycles. The van der Waals surface area contributed by atoms with E-state index in [1.165, 1.54) is 0 Å². The fraction of sp³-hybridized carbons (Fsp3) is 0. The first-order chi connectivity index (χ1) is 8.83. The summed E-state index contributed by atoms with van der Waals surface area (Å²) < 4.78 is 64.9. The second-order valence-electron chi connectivity index (χ2n) is 2.67. The van der Waals surface area contributed by atoms with E-state index in [0.717, 1.165) is 0 Å². The zero-order valence-corrected chi connectivity index (χ0v) is 19.4. The maximum atomic E-state index is 11.0. The van der Waals surface area contributed by atoms with E-state index in [4.69, 9.17) is 24.5 Å². The molecular formula is H5Na2O16P5. The Morgan fingerprint density at radius 3 is 1.09 bits per heavy atom. The largest absolute Gasteiger partial charge is 1.00 e. The number of rotatable bonds is 8. The summed E-state index contributed by atoms with van der Waals surface area (Å²) >= 11 is 0. The van der Waals surface area contributed by atoms with Gasteiger partial charge in [0.15, 0.2) is 0 Å². The van der Waals surface area contributed by atoms with Crippen LogP contribution in [0.2, 0.25) is 0 Å². The van der Waals surface area contributed by atoms with Gasteiger partial charge in [0.25, 0.3) is 0 Å². The van der Waals surface area contributed by atoms with Gasteiger partial charge in [-0.2, -0.15) is 12.9 Å². The summed E-state index contributed by atoms with van der Waals surface area (Å²) in [6.07, 6.45) is 0. The monoisotopic (exact) mass is 462 g/mol. The van der Waals surface area contributed by atoms with Crippen molar-refractivity contribution >= 4 is 39.1 Å². The molecule has 0 aliphatic heterocycles. The molecule has 0 rings (SSSR count). The average Bonchev–Trinajstić information content (AvgIpc) is 1.83. The first-order valence-corrected chi connectivity index (χ1v) is 11.2. The van der Waals surface area contributed by atoms with Crippen LogP contribution in [0.5, 0.6) is 0 Å². The van der Waals surface area contributed by atoms with Gasteiger partial charge in [-0.25, -0.2) is 18.3 Å². The third-order valence-corrected chi connectivity index (χ3v) is 7.43. The second-order valence-corrected chi connectivity index (χ2v) is 9.97. The van der Waals surface area contributed by atoms with Crippen molar-refractivity contribution in [1.29, 1.82) is 0 Å². The summed E-state index contributed by atoms with van der Waals surface area (Å²) in [5.41, 5.74) is 0. The predicted octanol–water partition coefficient (Wildman–Crippen LogP) is -7.72. The maximum Gasteiger partial charge on any atom is 1.00 e. The molecule has 0 aliphatic carbocycles. The minimum Gasteiger partial charge on any atom is -0.789 e. The van der Waals surface area contributed by atoms with Gasteiger partial charge in [-0.1, -0.05) is 0 Å². The minimum atomic E-state index is -6.17. The Labute approximate surface area is 171 Å². The van der Waals surface area contributed by atoms with E-state index in [-0.39, 0.29) is 59.1 Å². The predicted molar refractivity (Wildman–Crippen MR) is 53.5 cm³/mol. The van der Waals surface area contributed by atoms with E-state index >= 15 is 0 Å². The summed E-state index contributed by atoms with van der Waals surface area (Å²) in [6.45, 7) is 0. The Morgan fingerprint density at radius 1 is 0.565 bits per heavy atom. The van der Waals surface area contributed by atoms with Crippen LogP contribution in [0.3, 0.4) is 0 Å². The molecule has 3 unspecified atom stereocenters. The average molecular weight is 462 g/mol. The molecule has 0 fully saturated rings. The molecule has 23 heteroatoms. The van der Waals surface area contributed by atoms with Crippen molar-refractivity contribution in [1.82, 2.24) is 0 Å². The molecule has 23 heavy (non-hydrogen) atoms. The molecule has 0 saturated heterocycles. The van der Waals surface area contributed by atoms with Crippen molar-refractivity contribution in [3.05, 3.63) is 0 Å². The Kier molecular flexibility index (Phi) is 13.6. The normalized spacial score (nSPS) is 20.1. The van der Waals surface area contributed by atoms with Crippen LogP contribution in [0, 0.1) is 0 Å². The first kappa shape index (κ1) is 30.4. The van der Waals surface area contributed by atoms with Crippen molar-refractivity contribution in [3.8, 4) is 0 Å². The summed E-state index contributed by atoms with van der Waals surface area (Å²) in [7, 11) is -30.1. The smallest absolute Gasteiger partial charge is 0.789 e. The molecule has 3 atom stereocenters. The van der Waals surface area contributed by atoms with Gasteiger partial charge in [0.2, 0.25) is 0 Å². The van der Waals surface area contributed by atoms with E-state index < -0.39 is 39.1 Å². The van der Waals surface area contributed by atoms with E-state index in [1.807, 2.05) is 0 Å². The topological polar surface area (TPSA) is 270 Å². The van der Waals surface area contributed by atoms with E-state index in [9.17, 15) is 32.6 Å². The van der Waals surface area contributed by atoms with Crippen LogP contribution in [0.4, 0.5) is 0 Å². The van der Waals surface area contributed by atoms with Crippen LogP contribution in [0.15, 0.2) is 0 Å². The molecule has 0 heterocycles. The number of hydrogen-bond acceptors (Lipinski definition) is 11. The standard InChI is InChI=1S/2Na.H7O16P5/c;;1-17(2,3)13-19(7,8)15-21(11,12)16-20(9,10)14-18(4,5)6/h;;(H,7,8)(H,9,10)(H,11,12)(H2,1,2,3)(H2,4,5,6)/q2*+1;/p-2. The van der Waals surface area contributed by atoms with Gasteiger partial charge in [-0.05, 0) is 0 Å². The third kappa shape index (κ3) is 17.9. The molecule has 0 aromatic carbocycles. The minimum absolute atomic E-state index is 0. The molecule has 0 aromatic heterocycles. The molecule has 0 amide bonds. The first-order valence-electron chi connectivity index (χ1n) is 3.74. The van der Waals surface area contributed by atoms with Gasteiger partial charge in [-0.15, -0.1) is 0 Å². The van der Waals surface area contributed by atoms with E-state index in [1.54, 1.807) is 0 Å². The zero-order valence-electron chi connectivity index (χ0n) is 11.0. The zero-order chi connectivity index (χ0) is 17.3. The van der Waals surface area contributed by atoms with Crippen LogP contribution in [-0.2, 0) is 40.1 Å². The summed E-state index contributed by atoms with van der Waals surface area (Å²) in [5, 5.41) is 0. The second kappa shape index (κ2) is 10.3. The summed E-state index contributed by atoms with van der Waals surface area (Å²) in [5.74, 6) is 0. The molecule has 0 aromatic rings. The Morgan fingerprint density at radius 2 is 0.826 bits per heavy atom. The van der Waals surface area contributed by atoms with Crippen LogP contribution in [-0.4, -0.2) is 24.5 Å². The van der Waals surface area contributed by atoms with E-state index in [2.05, 4.69) is 17.2 Å². The number of phosphoric acid groups is 5. The number of hydrogen-bond donors (Lipinski definition) is 5. The Hall–Kier alpha value is 2.71. The summed E-state index contributed by atoms with van der Waals surface area (Å²) in [4.78, 5) is 62.2. The molecule has 0 bridgehead atoms. The molecule has 16 nitrogen and oxygen atoms in total. The van der Waals surface area contributed by atoms with Crippen LogP contribution < -0.4 is 68.9 Å². The van der Waals surface area contributed by atoms with Crippen LogP contribution in [0.25, 0.3) is 0 Å². The van der Waals surface area contributed by atoms with Crippen molar-refractivity contribution in [3.63, 3.8) is 0 Å². The van der Waals surface area contributed by atoms with Crippen molar-refractivity contribution < 1.29 is 133 Å². The Balaban J connectivity index is -0.00000200. The Bertz CT molecular complexity index is 556. The third-order valence-electron chi connectivity index (χ3n) is 0.825. The SMILES string of the molecule is O=P([O-])([O-])OP(=O)(O)OP(=O)(O)OP(=O)(O)OP(=O)(O)O.[Na+].[Na+]. The quantitative estimate of drug-likeness (QED) is 0.166. The van der Waals surface area contributed by atoms with Gasteiger partial charge in [0, 0.05) is 0 Å². The maximum absolute atomic E-state index is 11.0. The molecular weight excluding hydrogens is 457 g/mol. The van der Waals surface area contributed by atoms with Gasteiger partial charge in [0.1, 0.15) is 0 Å². The van der Waals surface area contributed by atoms with Gasteiger partial charge in [-0.3, -0.25) is 4.31 Å².